The highest BCUT2D eigenvalue weighted by Crippen LogP contribution is 2.27. The zero-order chi connectivity index (χ0) is 19.3. The molecule has 0 unspecified atom stereocenters. The zero-order valence-corrected chi connectivity index (χ0v) is 16.7. The minimum Gasteiger partial charge on any atom is -0.492 e. The summed E-state index contributed by atoms with van der Waals surface area (Å²) in [6.07, 6.45) is 6.30. The number of halogens is 1. The quantitative estimate of drug-likeness (QED) is 0.510. The second-order valence-electron chi connectivity index (χ2n) is 7.00. The Labute approximate surface area is 171 Å². The molecule has 1 aliphatic rings. The van der Waals surface area contributed by atoms with E-state index in [-0.39, 0.29) is 0 Å². The van der Waals surface area contributed by atoms with Gasteiger partial charge in [0, 0.05) is 42.0 Å². The van der Waals surface area contributed by atoms with E-state index in [0.29, 0.717) is 6.61 Å². The number of rotatable bonds is 6. The number of hydrogen-bond acceptors (Lipinski definition) is 3. The van der Waals surface area contributed by atoms with Crippen LogP contribution in [0.4, 0.5) is 0 Å². The standard InChI is InChI=1S/C24H23ClN2O/c1-18-16-20(7-11-24(18)28-15-14-27-12-2-3-13-27)23-10-6-21(17-26-23)19-4-8-22(25)9-5-19/h2-11,16-17H,12-15H2,1H3. The number of ether oxygens (including phenoxy) is 1. The number of aromatic nitrogens is 1. The molecule has 2 aromatic carbocycles. The average molecular weight is 391 g/mol. The van der Waals surface area contributed by atoms with Crippen LogP contribution >= 0.6 is 11.6 Å². The maximum absolute atomic E-state index is 5.98. The topological polar surface area (TPSA) is 25.4 Å². The van der Waals surface area contributed by atoms with Crippen LogP contribution in [0.3, 0.4) is 0 Å². The maximum Gasteiger partial charge on any atom is 0.122 e. The molecule has 0 amide bonds. The first kappa shape index (κ1) is 18.7. The molecular formula is C24H23ClN2O. The van der Waals surface area contributed by atoms with Gasteiger partial charge in [0.05, 0.1) is 5.69 Å². The second kappa shape index (κ2) is 8.59. The van der Waals surface area contributed by atoms with Crippen LogP contribution in [0.25, 0.3) is 22.4 Å². The van der Waals surface area contributed by atoms with E-state index in [1.54, 1.807) is 0 Å². The molecule has 0 atom stereocenters. The average Bonchev–Trinajstić information content (AvgIpc) is 3.23. The lowest BCUT2D eigenvalue weighted by atomic mass is 10.0. The molecule has 142 valence electrons. The molecule has 4 rings (SSSR count). The predicted molar refractivity (Wildman–Crippen MR) is 116 cm³/mol. The SMILES string of the molecule is Cc1cc(-c2ccc(-c3ccc(Cl)cc3)cn2)ccc1OCCN1CC=CC1. The summed E-state index contributed by atoms with van der Waals surface area (Å²) in [6, 6.07) is 18.2. The number of hydrogen-bond donors (Lipinski definition) is 0. The molecule has 4 heteroatoms. The van der Waals surface area contributed by atoms with Crippen molar-refractivity contribution in [1.82, 2.24) is 9.88 Å². The van der Waals surface area contributed by atoms with E-state index in [1.807, 2.05) is 36.5 Å². The van der Waals surface area contributed by atoms with E-state index in [9.17, 15) is 0 Å². The highest BCUT2D eigenvalue weighted by molar-refractivity contribution is 6.30. The normalized spacial score (nSPS) is 13.8. The summed E-state index contributed by atoms with van der Waals surface area (Å²) in [5, 5.41) is 0.739. The van der Waals surface area contributed by atoms with Crippen LogP contribution in [0.15, 0.2) is 72.9 Å². The van der Waals surface area contributed by atoms with Crippen LogP contribution in [0.5, 0.6) is 5.75 Å². The first-order chi connectivity index (χ1) is 13.7. The van der Waals surface area contributed by atoms with Crippen molar-refractivity contribution in [2.45, 2.75) is 6.92 Å². The third kappa shape index (κ3) is 4.44. The van der Waals surface area contributed by atoms with Crippen LogP contribution in [-0.2, 0) is 0 Å². The van der Waals surface area contributed by atoms with Crippen LogP contribution in [0, 0.1) is 6.92 Å². The Kier molecular flexibility index (Phi) is 5.75. The first-order valence-corrected chi connectivity index (χ1v) is 9.90. The minimum absolute atomic E-state index is 0.704. The van der Waals surface area contributed by atoms with Crippen LogP contribution in [0.1, 0.15) is 5.56 Å². The van der Waals surface area contributed by atoms with Crippen LogP contribution in [0.2, 0.25) is 5.02 Å². The summed E-state index contributed by atoms with van der Waals surface area (Å²) < 4.78 is 5.98. The van der Waals surface area contributed by atoms with Gasteiger partial charge in [-0.3, -0.25) is 9.88 Å². The van der Waals surface area contributed by atoms with Gasteiger partial charge in [-0.25, -0.2) is 0 Å². The number of pyridine rings is 1. The number of aryl methyl sites for hydroxylation is 1. The van der Waals surface area contributed by atoms with E-state index in [0.717, 1.165) is 58.4 Å². The molecule has 0 aliphatic carbocycles. The molecule has 3 aromatic rings. The molecule has 0 N–H and O–H groups in total. The molecule has 1 aromatic heterocycles. The summed E-state index contributed by atoms with van der Waals surface area (Å²) in [7, 11) is 0. The van der Waals surface area contributed by atoms with E-state index in [1.165, 1.54) is 0 Å². The fourth-order valence-corrected chi connectivity index (χ4v) is 3.46. The van der Waals surface area contributed by atoms with E-state index in [2.05, 4.69) is 53.2 Å². The Hall–Kier alpha value is -2.62. The Morgan fingerprint density at radius 1 is 0.929 bits per heavy atom. The number of nitrogens with zero attached hydrogens (tertiary/aromatic N) is 2. The van der Waals surface area contributed by atoms with E-state index >= 15 is 0 Å². The Morgan fingerprint density at radius 2 is 1.64 bits per heavy atom. The van der Waals surface area contributed by atoms with Gasteiger partial charge in [-0.1, -0.05) is 42.0 Å². The Balaban J connectivity index is 1.42. The van der Waals surface area contributed by atoms with Crippen molar-refractivity contribution in [3.05, 3.63) is 83.5 Å². The maximum atomic E-state index is 5.98. The molecule has 2 heterocycles. The van der Waals surface area contributed by atoms with Crippen molar-refractivity contribution in [2.75, 3.05) is 26.2 Å². The van der Waals surface area contributed by atoms with Gasteiger partial charge in [-0.05, 0) is 54.4 Å². The van der Waals surface area contributed by atoms with Gasteiger partial charge in [-0.15, -0.1) is 0 Å². The van der Waals surface area contributed by atoms with Gasteiger partial charge in [-0.2, -0.15) is 0 Å². The third-order valence-electron chi connectivity index (χ3n) is 4.97. The zero-order valence-electron chi connectivity index (χ0n) is 15.9. The van der Waals surface area contributed by atoms with Crippen molar-refractivity contribution < 1.29 is 4.74 Å². The predicted octanol–water partition coefficient (Wildman–Crippen LogP) is 5.63. The second-order valence-corrected chi connectivity index (χ2v) is 7.44. The molecule has 0 fully saturated rings. The van der Waals surface area contributed by atoms with Gasteiger partial charge < -0.3 is 4.74 Å². The van der Waals surface area contributed by atoms with Crippen molar-refractivity contribution in [2.24, 2.45) is 0 Å². The summed E-state index contributed by atoms with van der Waals surface area (Å²) >= 11 is 5.97. The van der Waals surface area contributed by atoms with Gasteiger partial charge in [0.15, 0.2) is 0 Å². The van der Waals surface area contributed by atoms with Gasteiger partial charge >= 0.3 is 0 Å². The third-order valence-corrected chi connectivity index (χ3v) is 5.22. The van der Waals surface area contributed by atoms with Crippen LogP contribution in [-0.4, -0.2) is 36.1 Å². The van der Waals surface area contributed by atoms with Crippen LogP contribution < -0.4 is 4.74 Å². The van der Waals surface area contributed by atoms with E-state index in [4.69, 9.17) is 16.3 Å². The molecule has 28 heavy (non-hydrogen) atoms. The molecular weight excluding hydrogens is 368 g/mol. The van der Waals surface area contributed by atoms with Gasteiger partial charge in [0.2, 0.25) is 0 Å². The van der Waals surface area contributed by atoms with Gasteiger partial charge in [0.25, 0.3) is 0 Å². The minimum atomic E-state index is 0.704. The lowest BCUT2D eigenvalue weighted by Crippen LogP contribution is -2.25. The Bertz CT molecular complexity index is 957. The molecule has 1 aliphatic heterocycles. The fourth-order valence-electron chi connectivity index (χ4n) is 3.34. The fraction of sp³-hybridized carbons (Fsp3) is 0.208. The molecule has 0 spiro atoms. The summed E-state index contributed by atoms with van der Waals surface area (Å²) in [4.78, 5) is 7.00. The molecule has 0 bridgehead atoms. The van der Waals surface area contributed by atoms with Crippen molar-refractivity contribution in [3.63, 3.8) is 0 Å². The smallest absolute Gasteiger partial charge is 0.122 e. The van der Waals surface area contributed by atoms with E-state index < -0.39 is 0 Å². The highest BCUT2D eigenvalue weighted by atomic mass is 35.5. The molecule has 0 saturated heterocycles. The monoisotopic (exact) mass is 390 g/mol. The molecule has 3 nitrogen and oxygen atoms in total. The largest absolute Gasteiger partial charge is 0.492 e. The first-order valence-electron chi connectivity index (χ1n) is 9.52. The highest BCUT2D eigenvalue weighted by Gasteiger charge is 2.08. The summed E-state index contributed by atoms with van der Waals surface area (Å²) in [5.41, 5.74) is 5.36. The van der Waals surface area contributed by atoms with Gasteiger partial charge in [0.1, 0.15) is 12.4 Å². The summed E-state index contributed by atoms with van der Waals surface area (Å²) in [5.74, 6) is 0.939. The van der Waals surface area contributed by atoms with Crippen molar-refractivity contribution in [3.8, 4) is 28.1 Å². The van der Waals surface area contributed by atoms with Crippen molar-refractivity contribution >= 4 is 11.6 Å². The van der Waals surface area contributed by atoms with Crippen molar-refractivity contribution in [1.29, 1.82) is 0 Å². The summed E-state index contributed by atoms with van der Waals surface area (Å²) in [6.45, 7) is 5.79. The lowest BCUT2D eigenvalue weighted by molar-refractivity contribution is 0.242. The lowest BCUT2D eigenvalue weighted by Gasteiger charge is -2.16. The molecule has 0 radical (unpaired) electrons. The molecule has 0 saturated carbocycles. The Morgan fingerprint density at radius 3 is 2.32 bits per heavy atom. The number of benzene rings is 2.